The zero-order chi connectivity index (χ0) is 14.5. The van der Waals surface area contributed by atoms with E-state index in [1.165, 1.54) is 0 Å². The van der Waals surface area contributed by atoms with Crippen molar-refractivity contribution in [3.8, 4) is 0 Å². The second-order valence-electron chi connectivity index (χ2n) is 5.70. The molecule has 0 aromatic carbocycles. The highest BCUT2D eigenvalue weighted by molar-refractivity contribution is 6.32. The molecule has 0 aliphatic rings. The summed E-state index contributed by atoms with van der Waals surface area (Å²) in [6.45, 7) is 9.81. The predicted octanol–water partition coefficient (Wildman–Crippen LogP) is 3.07. The van der Waals surface area contributed by atoms with Crippen molar-refractivity contribution in [1.82, 2.24) is 10.3 Å². The van der Waals surface area contributed by atoms with Gasteiger partial charge in [-0.15, -0.1) is 0 Å². The second kappa shape index (κ2) is 7.08. The first-order valence-corrected chi connectivity index (χ1v) is 6.85. The maximum Gasteiger partial charge on any atom is 0.144 e. The Morgan fingerprint density at radius 2 is 2.11 bits per heavy atom. The molecule has 0 saturated heterocycles. The van der Waals surface area contributed by atoms with Crippen molar-refractivity contribution in [3.63, 3.8) is 0 Å². The SMILES string of the molecule is COC(C)CNc1ncc(CNC(C)(C)C)cc1Cl. The van der Waals surface area contributed by atoms with Crippen LogP contribution in [0.5, 0.6) is 0 Å². The molecule has 0 aliphatic heterocycles. The van der Waals surface area contributed by atoms with Crippen molar-refractivity contribution in [3.05, 3.63) is 22.8 Å². The van der Waals surface area contributed by atoms with Gasteiger partial charge in [-0.2, -0.15) is 0 Å². The summed E-state index contributed by atoms with van der Waals surface area (Å²) < 4.78 is 5.17. The molecule has 0 aliphatic carbocycles. The number of hydrogen-bond donors (Lipinski definition) is 2. The van der Waals surface area contributed by atoms with Crippen molar-refractivity contribution >= 4 is 17.4 Å². The fourth-order valence-electron chi connectivity index (χ4n) is 1.40. The predicted molar refractivity (Wildman–Crippen MR) is 80.8 cm³/mol. The third-order valence-electron chi connectivity index (χ3n) is 2.68. The van der Waals surface area contributed by atoms with Gasteiger partial charge in [-0.25, -0.2) is 4.98 Å². The van der Waals surface area contributed by atoms with Crippen molar-refractivity contribution in [1.29, 1.82) is 0 Å². The van der Waals surface area contributed by atoms with E-state index in [1.807, 2.05) is 19.2 Å². The van der Waals surface area contributed by atoms with Crippen LogP contribution in [0.4, 0.5) is 5.82 Å². The van der Waals surface area contributed by atoms with Gasteiger partial charge >= 0.3 is 0 Å². The van der Waals surface area contributed by atoms with E-state index in [-0.39, 0.29) is 11.6 Å². The van der Waals surface area contributed by atoms with E-state index in [0.717, 1.165) is 12.1 Å². The third-order valence-corrected chi connectivity index (χ3v) is 2.97. The third kappa shape index (κ3) is 6.23. The normalized spacial score (nSPS) is 13.4. The van der Waals surface area contributed by atoms with Crippen LogP contribution in [0.15, 0.2) is 12.3 Å². The summed E-state index contributed by atoms with van der Waals surface area (Å²) in [5.74, 6) is 0.699. The Balaban J connectivity index is 2.59. The lowest BCUT2D eigenvalue weighted by Crippen LogP contribution is -2.35. The molecule has 5 heteroatoms. The first-order valence-electron chi connectivity index (χ1n) is 6.48. The number of rotatable bonds is 6. The maximum absolute atomic E-state index is 6.21. The van der Waals surface area contributed by atoms with Crippen LogP contribution >= 0.6 is 11.6 Å². The molecule has 1 atom stereocenters. The summed E-state index contributed by atoms with van der Waals surface area (Å²) in [5.41, 5.74) is 1.15. The molecule has 0 saturated carbocycles. The van der Waals surface area contributed by atoms with E-state index < -0.39 is 0 Å². The summed E-state index contributed by atoms with van der Waals surface area (Å²) in [7, 11) is 1.68. The topological polar surface area (TPSA) is 46.2 Å². The van der Waals surface area contributed by atoms with E-state index in [0.29, 0.717) is 17.4 Å². The van der Waals surface area contributed by atoms with Crippen LogP contribution in [0.1, 0.15) is 33.3 Å². The van der Waals surface area contributed by atoms with Gasteiger partial charge in [-0.05, 0) is 39.3 Å². The Labute approximate surface area is 120 Å². The van der Waals surface area contributed by atoms with Crippen LogP contribution in [0.25, 0.3) is 0 Å². The highest BCUT2D eigenvalue weighted by atomic mass is 35.5. The molecule has 0 bridgehead atoms. The Kier molecular flexibility index (Phi) is 6.04. The molecule has 0 fully saturated rings. The molecule has 0 amide bonds. The van der Waals surface area contributed by atoms with Gasteiger partial charge in [0.15, 0.2) is 0 Å². The Morgan fingerprint density at radius 3 is 2.63 bits per heavy atom. The maximum atomic E-state index is 6.21. The van der Waals surface area contributed by atoms with E-state index in [1.54, 1.807) is 7.11 Å². The number of ether oxygens (including phenoxy) is 1. The van der Waals surface area contributed by atoms with Crippen molar-refractivity contribution in [2.24, 2.45) is 0 Å². The standard InChI is InChI=1S/C14H24ClN3O/c1-10(19-5)7-16-13-12(15)6-11(8-17-13)9-18-14(2,3)4/h6,8,10,18H,7,9H2,1-5H3,(H,16,17). The van der Waals surface area contributed by atoms with Crippen LogP contribution in [-0.2, 0) is 11.3 Å². The number of pyridine rings is 1. The van der Waals surface area contributed by atoms with Crippen molar-refractivity contribution in [2.75, 3.05) is 19.0 Å². The van der Waals surface area contributed by atoms with Gasteiger partial charge in [-0.3, -0.25) is 0 Å². The molecule has 2 N–H and O–H groups in total. The van der Waals surface area contributed by atoms with Crippen LogP contribution in [-0.4, -0.2) is 30.3 Å². The summed E-state index contributed by atoms with van der Waals surface area (Å²) in [6.07, 6.45) is 1.96. The van der Waals surface area contributed by atoms with Crippen LogP contribution in [0.2, 0.25) is 5.02 Å². The molecule has 1 aromatic heterocycles. The molecule has 1 rings (SSSR count). The molecular weight excluding hydrogens is 262 g/mol. The number of nitrogens with zero attached hydrogens (tertiary/aromatic N) is 1. The molecular formula is C14H24ClN3O. The number of halogens is 1. The zero-order valence-electron chi connectivity index (χ0n) is 12.4. The Hall–Kier alpha value is -0.840. The molecule has 1 aromatic rings. The minimum absolute atomic E-state index is 0.0806. The van der Waals surface area contributed by atoms with Gasteiger partial charge in [0, 0.05) is 31.9 Å². The molecule has 1 unspecified atom stereocenters. The Morgan fingerprint density at radius 1 is 1.42 bits per heavy atom. The lowest BCUT2D eigenvalue weighted by atomic mass is 10.1. The van der Waals surface area contributed by atoms with Gasteiger partial charge in [0.1, 0.15) is 5.82 Å². The molecule has 19 heavy (non-hydrogen) atoms. The highest BCUT2D eigenvalue weighted by Crippen LogP contribution is 2.20. The number of aromatic nitrogens is 1. The zero-order valence-corrected chi connectivity index (χ0v) is 13.1. The highest BCUT2D eigenvalue weighted by Gasteiger charge is 2.10. The summed E-state index contributed by atoms with van der Waals surface area (Å²) >= 11 is 6.21. The van der Waals surface area contributed by atoms with Gasteiger partial charge in [0.05, 0.1) is 11.1 Å². The minimum Gasteiger partial charge on any atom is -0.380 e. The average Bonchev–Trinajstić information content (AvgIpc) is 2.34. The summed E-state index contributed by atoms with van der Waals surface area (Å²) in [4.78, 5) is 4.35. The first kappa shape index (κ1) is 16.2. The van der Waals surface area contributed by atoms with Crippen LogP contribution < -0.4 is 10.6 Å². The second-order valence-corrected chi connectivity index (χ2v) is 6.11. The van der Waals surface area contributed by atoms with E-state index >= 15 is 0 Å². The van der Waals surface area contributed by atoms with Crippen LogP contribution in [0, 0.1) is 0 Å². The molecule has 4 nitrogen and oxygen atoms in total. The van der Waals surface area contributed by atoms with Gasteiger partial charge in [0.25, 0.3) is 0 Å². The number of nitrogens with one attached hydrogen (secondary N) is 2. The summed E-state index contributed by atoms with van der Waals surface area (Å²) in [5, 5.41) is 7.22. The fraction of sp³-hybridized carbons (Fsp3) is 0.643. The molecule has 0 spiro atoms. The van der Waals surface area contributed by atoms with Crippen LogP contribution in [0.3, 0.4) is 0 Å². The van der Waals surface area contributed by atoms with Crippen molar-refractivity contribution < 1.29 is 4.74 Å². The average molecular weight is 286 g/mol. The number of methoxy groups -OCH3 is 1. The Bertz CT molecular complexity index is 404. The molecule has 0 radical (unpaired) electrons. The van der Waals surface area contributed by atoms with Crippen molar-refractivity contribution in [2.45, 2.75) is 45.9 Å². The first-order chi connectivity index (χ1) is 8.81. The number of hydrogen-bond acceptors (Lipinski definition) is 4. The van der Waals surface area contributed by atoms with Gasteiger partial charge < -0.3 is 15.4 Å². The molecule has 108 valence electrons. The fourth-order valence-corrected chi connectivity index (χ4v) is 1.65. The smallest absolute Gasteiger partial charge is 0.144 e. The summed E-state index contributed by atoms with van der Waals surface area (Å²) in [6, 6.07) is 1.94. The lowest BCUT2D eigenvalue weighted by molar-refractivity contribution is 0.128. The van der Waals surface area contributed by atoms with Gasteiger partial charge in [0.2, 0.25) is 0 Å². The number of anilines is 1. The minimum atomic E-state index is 0.0806. The van der Waals surface area contributed by atoms with Gasteiger partial charge in [-0.1, -0.05) is 11.6 Å². The van der Waals surface area contributed by atoms with E-state index in [4.69, 9.17) is 16.3 Å². The largest absolute Gasteiger partial charge is 0.380 e. The quantitative estimate of drug-likeness (QED) is 0.843. The lowest BCUT2D eigenvalue weighted by Gasteiger charge is -2.20. The van der Waals surface area contributed by atoms with E-state index in [9.17, 15) is 0 Å². The monoisotopic (exact) mass is 285 g/mol. The van der Waals surface area contributed by atoms with E-state index in [2.05, 4.69) is 36.4 Å². The molecule has 1 heterocycles.